The highest BCUT2D eigenvalue weighted by atomic mass is 15.1. The minimum atomic E-state index is 0.472. The third kappa shape index (κ3) is 1.90. The molecule has 1 aliphatic carbocycles. The molecule has 0 radical (unpaired) electrons. The van der Waals surface area contributed by atoms with Crippen LogP contribution in [0.4, 0.5) is 11.4 Å². The van der Waals surface area contributed by atoms with Crippen LogP contribution >= 0.6 is 0 Å². The lowest BCUT2D eigenvalue weighted by atomic mass is 10.1. The van der Waals surface area contributed by atoms with Crippen LogP contribution in [0.15, 0.2) is 48.7 Å². The van der Waals surface area contributed by atoms with Gasteiger partial charge in [0, 0.05) is 17.3 Å². The molecule has 100 valence electrons. The van der Waals surface area contributed by atoms with Crippen molar-refractivity contribution >= 4 is 22.3 Å². The van der Waals surface area contributed by atoms with Crippen LogP contribution in [0.25, 0.3) is 10.9 Å². The summed E-state index contributed by atoms with van der Waals surface area (Å²) >= 11 is 0. The first-order chi connectivity index (χ1) is 9.81. The van der Waals surface area contributed by atoms with Crippen LogP contribution in [-0.2, 0) is 0 Å². The molecule has 2 unspecified atom stereocenters. The van der Waals surface area contributed by atoms with Gasteiger partial charge in [-0.3, -0.25) is 5.10 Å². The number of fused-ring (bicyclic) bond motifs is 1. The van der Waals surface area contributed by atoms with Crippen molar-refractivity contribution in [1.82, 2.24) is 10.2 Å². The summed E-state index contributed by atoms with van der Waals surface area (Å²) in [6, 6.07) is 15.1. The lowest BCUT2D eigenvalue weighted by molar-refractivity contribution is 1.05. The number of anilines is 2. The lowest BCUT2D eigenvalue weighted by Gasteiger charge is -2.09. The summed E-state index contributed by atoms with van der Waals surface area (Å²) in [6.07, 6.45) is 2.95. The molecule has 1 aromatic heterocycles. The summed E-state index contributed by atoms with van der Waals surface area (Å²) in [7, 11) is 0. The molecule has 0 bridgehead atoms. The molecule has 2 atom stereocenters. The third-order valence-corrected chi connectivity index (χ3v) is 3.97. The molecule has 20 heavy (non-hydrogen) atoms. The van der Waals surface area contributed by atoms with Crippen LogP contribution in [-0.4, -0.2) is 16.2 Å². The molecule has 4 rings (SSSR count). The summed E-state index contributed by atoms with van der Waals surface area (Å²) in [5.41, 5.74) is 10.3. The van der Waals surface area contributed by atoms with E-state index in [2.05, 4.69) is 45.8 Å². The second-order valence-electron chi connectivity index (χ2n) is 5.40. The van der Waals surface area contributed by atoms with Crippen LogP contribution in [0.2, 0.25) is 0 Å². The SMILES string of the molecule is Nc1cc2cn[nH]c2cc1NC1CC1c1ccccc1. The minimum absolute atomic E-state index is 0.472. The van der Waals surface area contributed by atoms with Gasteiger partial charge in [0.25, 0.3) is 0 Å². The first-order valence-electron chi connectivity index (χ1n) is 6.85. The van der Waals surface area contributed by atoms with E-state index in [1.807, 2.05) is 12.1 Å². The van der Waals surface area contributed by atoms with Gasteiger partial charge in [-0.05, 0) is 24.1 Å². The van der Waals surface area contributed by atoms with Gasteiger partial charge in [0.2, 0.25) is 0 Å². The number of hydrogen-bond donors (Lipinski definition) is 3. The first-order valence-corrected chi connectivity index (χ1v) is 6.85. The number of nitrogen functional groups attached to an aromatic ring is 1. The van der Waals surface area contributed by atoms with Crippen LogP contribution in [0.5, 0.6) is 0 Å². The number of H-pyrrole nitrogens is 1. The molecule has 1 saturated carbocycles. The first kappa shape index (κ1) is 11.3. The largest absolute Gasteiger partial charge is 0.397 e. The number of nitrogens with one attached hydrogen (secondary N) is 2. The zero-order valence-electron chi connectivity index (χ0n) is 11.0. The van der Waals surface area contributed by atoms with E-state index in [1.54, 1.807) is 6.20 Å². The van der Waals surface area contributed by atoms with Crippen LogP contribution in [0.1, 0.15) is 17.9 Å². The number of nitrogens with zero attached hydrogens (tertiary/aromatic N) is 1. The quantitative estimate of drug-likeness (QED) is 0.637. The number of aromatic nitrogens is 2. The molecule has 0 spiro atoms. The van der Waals surface area contributed by atoms with Gasteiger partial charge in [0.15, 0.2) is 0 Å². The average molecular weight is 264 g/mol. The molecule has 3 aromatic rings. The molecule has 1 aliphatic rings. The van der Waals surface area contributed by atoms with Gasteiger partial charge in [-0.25, -0.2) is 0 Å². The van der Waals surface area contributed by atoms with Gasteiger partial charge < -0.3 is 11.1 Å². The van der Waals surface area contributed by atoms with E-state index in [4.69, 9.17) is 5.73 Å². The van der Waals surface area contributed by atoms with Crippen molar-refractivity contribution < 1.29 is 0 Å². The highest BCUT2D eigenvalue weighted by Crippen LogP contribution is 2.43. The molecular formula is C16H16N4. The van der Waals surface area contributed by atoms with Gasteiger partial charge in [-0.2, -0.15) is 5.10 Å². The molecule has 2 aromatic carbocycles. The zero-order valence-corrected chi connectivity index (χ0v) is 11.0. The number of benzene rings is 2. The molecule has 1 fully saturated rings. The average Bonchev–Trinajstić information content (AvgIpc) is 3.09. The number of nitrogens with two attached hydrogens (primary N) is 1. The van der Waals surface area contributed by atoms with E-state index >= 15 is 0 Å². The maximum Gasteiger partial charge on any atom is 0.0672 e. The molecule has 4 heteroatoms. The fourth-order valence-electron chi connectivity index (χ4n) is 2.76. The Bertz CT molecular complexity index is 748. The lowest BCUT2D eigenvalue weighted by Crippen LogP contribution is -2.06. The minimum Gasteiger partial charge on any atom is -0.397 e. The Morgan fingerprint density at radius 2 is 2.05 bits per heavy atom. The number of hydrogen-bond acceptors (Lipinski definition) is 3. The standard InChI is InChI=1S/C16H16N4/c17-13-6-11-9-18-20-14(11)8-16(13)19-15-7-12(15)10-4-2-1-3-5-10/h1-6,8-9,12,15,19H,7,17H2,(H,18,20). The molecule has 4 N–H and O–H groups in total. The molecule has 0 saturated heterocycles. The maximum atomic E-state index is 6.10. The Kier molecular flexibility index (Phi) is 2.42. The second kappa shape index (κ2) is 4.27. The van der Waals surface area contributed by atoms with Crippen molar-refractivity contribution in [3.63, 3.8) is 0 Å². The fraction of sp³-hybridized carbons (Fsp3) is 0.188. The molecule has 4 nitrogen and oxygen atoms in total. The van der Waals surface area contributed by atoms with Crippen molar-refractivity contribution in [2.45, 2.75) is 18.4 Å². The third-order valence-electron chi connectivity index (χ3n) is 3.97. The highest BCUT2D eigenvalue weighted by Gasteiger charge is 2.38. The van der Waals surface area contributed by atoms with Crippen molar-refractivity contribution in [3.05, 3.63) is 54.2 Å². The summed E-state index contributed by atoms with van der Waals surface area (Å²) in [6.45, 7) is 0. The van der Waals surface area contributed by atoms with Crippen LogP contribution < -0.4 is 11.1 Å². The van der Waals surface area contributed by atoms with E-state index in [0.29, 0.717) is 12.0 Å². The predicted octanol–water partition coefficient (Wildman–Crippen LogP) is 3.11. The topological polar surface area (TPSA) is 66.7 Å². The number of rotatable bonds is 3. The Morgan fingerprint density at radius 3 is 2.90 bits per heavy atom. The van der Waals surface area contributed by atoms with E-state index in [0.717, 1.165) is 28.7 Å². The number of aromatic amines is 1. The van der Waals surface area contributed by atoms with Gasteiger partial charge in [-0.15, -0.1) is 0 Å². The fourth-order valence-corrected chi connectivity index (χ4v) is 2.76. The van der Waals surface area contributed by atoms with Crippen molar-refractivity contribution in [2.75, 3.05) is 11.1 Å². The van der Waals surface area contributed by atoms with Crippen molar-refractivity contribution in [1.29, 1.82) is 0 Å². The van der Waals surface area contributed by atoms with Crippen LogP contribution in [0.3, 0.4) is 0 Å². The smallest absolute Gasteiger partial charge is 0.0672 e. The Hall–Kier alpha value is -2.49. The van der Waals surface area contributed by atoms with Gasteiger partial charge in [0.1, 0.15) is 0 Å². The maximum absolute atomic E-state index is 6.10. The monoisotopic (exact) mass is 264 g/mol. The zero-order chi connectivity index (χ0) is 13.5. The van der Waals surface area contributed by atoms with Crippen molar-refractivity contribution in [2.24, 2.45) is 0 Å². The highest BCUT2D eigenvalue weighted by molar-refractivity contribution is 5.88. The molecular weight excluding hydrogens is 248 g/mol. The Balaban J connectivity index is 1.56. The molecule has 0 aliphatic heterocycles. The molecule has 1 heterocycles. The summed E-state index contributed by atoms with van der Waals surface area (Å²) < 4.78 is 0. The summed E-state index contributed by atoms with van der Waals surface area (Å²) in [4.78, 5) is 0. The van der Waals surface area contributed by atoms with Gasteiger partial charge in [0.05, 0.1) is 23.1 Å². The second-order valence-corrected chi connectivity index (χ2v) is 5.40. The Morgan fingerprint density at radius 1 is 1.20 bits per heavy atom. The van der Waals surface area contributed by atoms with E-state index < -0.39 is 0 Å². The predicted molar refractivity (Wildman–Crippen MR) is 81.7 cm³/mol. The van der Waals surface area contributed by atoms with Gasteiger partial charge >= 0.3 is 0 Å². The van der Waals surface area contributed by atoms with Crippen LogP contribution in [0, 0.1) is 0 Å². The van der Waals surface area contributed by atoms with E-state index in [1.165, 1.54) is 5.56 Å². The summed E-state index contributed by atoms with van der Waals surface area (Å²) in [5, 5.41) is 11.6. The van der Waals surface area contributed by atoms with Gasteiger partial charge in [-0.1, -0.05) is 30.3 Å². The summed E-state index contributed by atoms with van der Waals surface area (Å²) in [5.74, 6) is 0.591. The van der Waals surface area contributed by atoms with E-state index in [-0.39, 0.29) is 0 Å². The Labute approximate surface area is 117 Å². The normalized spacial score (nSPS) is 21.0. The van der Waals surface area contributed by atoms with E-state index in [9.17, 15) is 0 Å². The molecule has 0 amide bonds. The van der Waals surface area contributed by atoms with Crippen molar-refractivity contribution in [3.8, 4) is 0 Å².